The van der Waals surface area contributed by atoms with Gasteiger partial charge in [-0.05, 0) is 48.5 Å². The molecule has 0 aliphatic carbocycles. The fraction of sp³-hybridized carbons (Fsp3) is 0.0435. The molecule has 0 saturated carbocycles. The number of anilines is 3. The monoisotopic (exact) mass is 403 g/mol. The Labute approximate surface area is 172 Å². The van der Waals surface area contributed by atoms with Gasteiger partial charge in [0.2, 0.25) is 0 Å². The van der Waals surface area contributed by atoms with Crippen LogP contribution in [0.25, 0.3) is 11.3 Å². The number of benzene rings is 3. The highest BCUT2D eigenvalue weighted by atomic mass is 32.1. The first-order chi connectivity index (χ1) is 14.1. The molecule has 0 spiro atoms. The summed E-state index contributed by atoms with van der Waals surface area (Å²) < 4.78 is 13.0. The Bertz CT molecular complexity index is 1110. The van der Waals surface area contributed by atoms with Crippen molar-refractivity contribution in [2.45, 2.75) is 0 Å². The second-order valence-corrected chi connectivity index (χ2v) is 7.28. The Balaban J connectivity index is 1.46. The SMILES string of the molecule is CN(c1ccccc1)c1nc(-c2ccc(NC(=O)c3ccc(F)cc3)cc2)cs1. The number of rotatable bonds is 5. The minimum Gasteiger partial charge on any atom is -0.322 e. The van der Waals surface area contributed by atoms with Crippen LogP contribution in [-0.4, -0.2) is 17.9 Å². The lowest BCUT2D eigenvalue weighted by Gasteiger charge is -2.15. The van der Waals surface area contributed by atoms with Gasteiger partial charge in [0.25, 0.3) is 5.91 Å². The van der Waals surface area contributed by atoms with E-state index >= 15 is 0 Å². The lowest BCUT2D eigenvalue weighted by molar-refractivity contribution is 0.102. The van der Waals surface area contributed by atoms with Gasteiger partial charge in [0.05, 0.1) is 5.69 Å². The van der Waals surface area contributed by atoms with E-state index in [1.54, 1.807) is 11.3 Å². The molecule has 4 aromatic rings. The Hall–Kier alpha value is -3.51. The van der Waals surface area contributed by atoms with Crippen molar-refractivity contribution in [3.8, 4) is 11.3 Å². The molecule has 0 unspecified atom stereocenters. The van der Waals surface area contributed by atoms with Gasteiger partial charge in [0, 0.05) is 34.9 Å². The average Bonchev–Trinajstić information content (AvgIpc) is 3.25. The number of amides is 1. The van der Waals surface area contributed by atoms with Crippen molar-refractivity contribution >= 4 is 33.8 Å². The number of nitrogens with zero attached hydrogens (tertiary/aromatic N) is 2. The summed E-state index contributed by atoms with van der Waals surface area (Å²) in [6.07, 6.45) is 0. The van der Waals surface area contributed by atoms with Crippen molar-refractivity contribution in [3.63, 3.8) is 0 Å². The lowest BCUT2D eigenvalue weighted by atomic mass is 10.1. The Morgan fingerprint density at radius 3 is 2.34 bits per heavy atom. The zero-order valence-electron chi connectivity index (χ0n) is 15.7. The van der Waals surface area contributed by atoms with Gasteiger partial charge >= 0.3 is 0 Å². The van der Waals surface area contributed by atoms with E-state index in [2.05, 4.69) is 5.32 Å². The molecule has 0 aliphatic heterocycles. The van der Waals surface area contributed by atoms with Gasteiger partial charge < -0.3 is 10.2 Å². The first kappa shape index (κ1) is 18.8. The molecule has 0 bridgehead atoms. The number of carbonyl (C=O) groups excluding carboxylic acids is 1. The molecule has 0 aliphatic rings. The van der Waals surface area contributed by atoms with Crippen LogP contribution in [0.1, 0.15) is 10.4 Å². The number of thiazole rings is 1. The van der Waals surface area contributed by atoms with Crippen molar-refractivity contribution in [1.82, 2.24) is 4.98 Å². The number of hydrogen-bond acceptors (Lipinski definition) is 4. The van der Waals surface area contributed by atoms with Gasteiger partial charge in [-0.1, -0.05) is 30.3 Å². The van der Waals surface area contributed by atoms with Crippen molar-refractivity contribution in [2.24, 2.45) is 0 Å². The molecule has 3 aromatic carbocycles. The quantitative estimate of drug-likeness (QED) is 0.447. The highest BCUT2D eigenvalue weighted by molar-refractivity contribution is 7.14. The molecule has 4 rings (SSSR count). The molecule has 29 heavy (non-hydrogen) atoms. The van der Waals surface area contributed by atoms with E-state index in [0.29, 0.717) is 11.3 Å². The third-order valence-electron chi connectivity index (χ3n) is 4.47. The molecule has 1 N–H and O–H groups in total. The minimum atomic E-state index is -0.369. The number of hydrogen-bond donors (Lipinski definition) is 1. The summed E-state index contributed by atoms with van der Waals surface area (Å²) in [7, 11) is 1.99. The second-order valence-electron chi connectivity index (χ2n) is 6.45. The Morgan fingerprint density at radius 2 is 1.66 bits per heavy atom. The first-order valence-corrected chi connectivity index (χ1v) is 9.90. The summed E-state index contributed by atoms with van der Waals surface area (Å²) in [6.45, 7) is 0. The number of para-hydroxylation sites is 1. The molecule has 0 atom stereocenters. The Morgan fingerprint density at radius 1 is 0.966 bits per heavy atom. The standard InChI is InChI=1S/C23H18FN3OS/c1-27(20-5-3-2-4-6-20)23-26-21(15-29-23)16-9-13-19(14-10-16)25-22(28)17-7-11-18(24)12-8-17/h2-15H,1H3,(H,25,28). The highest BCUT2D eigenvalue weighted by Gasteiger charge is 2.11. The molecule has 1 amide bonds. The van der Waals surface area contributed by atoms with Crippen LogP contribution in [0.5, 0.6) is 0 Å². The number of carbonyl (C=O) groups is 1. The van der Waals surface area contributed by atoms with Gasteiger partial charge in [-0.3, -0.25) is 4.79 Å². The topological polar surface area (TPSA) is 45.2 Å². The summed E-state index contributed by atoms with van der Waals surface area (Å²) in [5.41, 5.74) is 3.99. The summed E-state index contributed by atoms with van der Waals surface area (Å²) in [5.74, 6) is -0.648. The van der Waals surface area contributed by atoms with Gasteiger partial charge in [-0.2, -0.15) is 0 Å². The maximum absolute atomic E-state index is 13.0. The van der Waals surface area contributed by atoms with E-state index in [1.165, 1.54) is 24.3 Å². The van der Waals surface area contributed by atoms with E-state index in [0.717, 1.165) is 22.1 Å². The van der Waals surface area contributed by atoms with Crippen molar-refractivity contribution < 1.29 is 9.18 Å². The largest absolute Gasteiger partial charge is 0.322 e. The van der Waals surface area contributed by atoms with Crippen LogP contribution in [0.3, 0.4) is 0 Å². The molecule has 4 nitrogen and oxygen atoms in total. The minimum absolute atomic E-state index is 0.279. The summed E-state index contributed by atoms with van der Waals surface area (Å²) in [6, 6.07) is 23.0. The van der Waals surface area contributed by atoms with Crippen LogP contribution in [0.2, 0.25) is 0 Å². The number of aromatic nitrogens is 1. The van der Waals surface area contributed by atoms with Crippen LogP contribution in [0.15, 0.2) is 84.2 Å². The van der Waals surface area contributed by atoms with Gasteiger partial charge in [-0.25, -0.2) is 9.37 Å². The number of nitrogens with one attached hydrogen (secondary N) is 1. The molecule has 1 aromatic heterocycles. The predicted octanol–water partition coefficient (Wildman–Crippen LogP) is 5.97. The fourth-order valence-electron chi connectivity index (χ4n) is 2.84. The molecule has 0 fully saturated rings. The summed E-state index contributed by atoms with van der Waals surface area (Å²) >= 11 is 1.58. The molecule has 6 heteroatoms. The van der Waals surface area contributed by atoms with E-state index in [9.17, 15) is 9.18 Å². The smallest absolute Gasteiger partial charge is 0.255 e. The normalized spacial score (nSPS) is 10.6. The molecule has 0 radical (unpaired) electrons. The molecule has 1 heterocycles. The molecule has 144 valence electrons. The Kier molecular flexibility index (Phi) is 5.35. The van der Waals surface area contributed by atoms with E-state index in [1.807, 2.05) is 71.9 Å². The maximum Gasteiger partial charge on any atom is 0.255 e. The van der Waals surface area contributed by atoms with Gasteiger partial charge in [-0.15, -0.1) is 11.3 Å². The molecular weight excluding hydrogens is 385 g/mol. The van der Waals surface area contributed by atoms with Crippen LogP contribution in [-0.2, 0) is 0 Å². The van der Waals surface area contributed by atoms with Crippen LogP contribution in [0.4, 0.5) is 20.9 Å². The average molecular weight is 403 g/mol. The van der Waals surface area contributed by atoms with E-state index in [4.69, 9.17) is 4.98 Å². The van der Waals surface area contributed by atoms with Crippen LogP contribution in [0, 0.1) is 5.82 Å². The zero-order valence-corrected chi connectivity index (χ0v) is 16.5. The predicted molar refractivity (Wildman–Crippen MR) is 116 cm³/mol. The highest BCUT2D eigenvalue weighted by Crippen LogP contribution is 2.31. The fourth-order valence-corrected chi connectivity index (χ4v) is 3.66. The van der Waals surface area contributed by atoms with Crippen molar-refractivity contribution in [3.05, 3.63) is 95.6 Å². The molecule has 0 saturated heterocycles. The third-order valence-corrected chi connectivity index (χ3v) is 5.38. The van der Waals surface area contributed by atoms with Crippen molar-refractivity contribution in [2.75, 3.05) is 17.3 Å². The lowest BCUT2D eigenvalue weighted by Crippen LogP contribution is -2.11. The number of halogens is 1. The van der Waals surface area contributed by atoms with Gasteiger partial charge in [0.1, 0.15) is 5.82 Å². The van der Waals surface area contributed by atoms with Crippen LogP contribution < -0.4 is 10.2 Å². The van der Waals surface area contributed by atoms with E-state index < -0.39 is 0 Å². The maximum atomic E-state index is 13.0. The van der Waals surface area contributed by atoms with E-state index in [-0.39, 0.29) is 11.7 Å². The van der Waals surface area contributed by atoms with Crippen molar-refractivity contribution in [1.29, 1.82) is 0 Å². The first-order valence-electron chi connectivity index (χ1n) is 9.02. The summed E-state index contributed by atoms with van der Waals surface area (Å²) in [5, 5.41) is 5.73. The summed E-state index contributed by atoms with van der Waals surface area (Å²) in [4.78, 5) is 19.0. The molecular formula is C23H18FN3OS. The second kappa shape index (κ2) is 8.24. The zero-order chi connectivity index (χ0) is 20.2. The van der Waals surface area contributed by atoms with Gasteiger partial charge in [0.15, 0.2) is 5.13 Å². The van der Waals surface area contributed by atoms with Crippen LogP contribution >= 0.6 is 11.3 Å². The third kappa shape index (κ3) is 4.33.